The quantitative estimate of drug-likeness (QED) is 0.609. The zero-order valence-corrected chi connectivity index (χ0v) is 12.5. The van der Waals surface area contributed by atoms with Crippen LogP contribution in [-0.2, 0) is 10.9 Å². The standard InChI is InChI=1S/C13H13F3O2S2/c1-8(2)18-12(19)20-7-11(17)9-3-5-10(6-4-9)13(14,15)16/h3-6,8H,7H2,1-2H3. The summed E-state index contributed by atoms with van der Waals surface area (Å²) >= 11 is 5.96. The number of hydrogen-bond acceptors (Lipinski definition) is 4. The number of thioether (sulfide) groups is 1. The van der Waals surface area contributed by atoms with Gasteiger partial charge in [-0.1, -0.05) is 23.9 Å². The Morgan fingerprint density at radius 3 is 2.30 bits per heavy atom. The molecule has 1 aromatic carbocycles. The molecular weight excluding hydrogens is 309 g/mol. The lowest BCUT2D eigenvalue weighted by Gasteiger charge is -2.10. The zero-order valence-electron chi connectivity index (χ0n) is 10.9. The molecule has 7 heteroatoms. The molecule has 0 radical (unpaired) electrons. The monoisotopic (exact) mass is 322 g/mol. The second-order valence-electron chi connectivity index (χ2n) is 4.20. The van der Waals surface area contributed by atoms with E-state index in [9.17, 15) is 18.0 Å². The molecule has 0 saturated heterocycles. The van der Waals surface area contributed by atoms with Crippen LogP contribution in [0, 0.1) is 0 Å². The Kier molecular flexibility index (Phi) is 6.01. The van der Waals surface area contributed by atoms with Crippen LogP contribution in [-0.4, -0.2) is 22.0 Å². The first-order valence-electron chi connectivity index (χ1n) is 5.74. The van der Waals surface area contributed by atoms with Crippen LogP contribution >= 0.6 is 24.0 Å². The van der Waals surface area contributed by atoms with Gasteiger partial charge in [0, 0.05) is 5.56 Å². The predicted molar refractivity (Wildman–Crippen MR) is 77.1 cm³/mol. The van der Waals surface area contributed by atoms with Gasteiger partial charge in [0.1, 0.15) is 0 Å². The average molecular weight is 322 g/mol. The summed E-state index contributed by atoms with van der Waals surface area (Å²) in [7, 11) is 0. The Bertz CT molecular complexity index is 481. The van der Waals surface area contributed by atoms with Gasteiger partial charge in [0.2, 0.25) is 4.38 Å². The van der Waals surface area contributed by atoms with Gasteiger partial charge >= 0.3 is 6.18 Å². The van der Waals surface area contributed by atoms with Crippen molar-refractivity contribution < 1.29 is 22.7 Å². The van der Waals surface area contributed by atoms with E-state index >= 15 is 0 Å². The predicted octanol–water partition coefficient (Wildman–Crippen LogP) is 4.33. The SMILES string of the molecule is CC(C)OC(=S)SCC(=O)c1ccc(C(F)(F)F)cc1. The second-order valence-corrected chi connectivity index (χ2v) is 5.78. The van der Waals surface area contributed by atoms with Gasteiger partial charge in [-0.25, -0.2) is 0 Å². The van der Waals surface area contributed by atoms with Gasteiger partial charge in [-0.15, -0.1) is 0 Å². The fourth-order valence-electron chi connectivity index (χ4n) is 1.28. The Hall–Kier alpha value is -1.08. The highest BCUT2D eigenvalue weighted by Crippen LogP contribution is 2.29. The maximum Gasteiger partial charge on any atom is 0.416 e. The highest BCUT2D eigenvalue weighted by atomic mass is 32.2. The van der Waals surface area contributed by atoms with E-state index in [0.29, 0.717) is 0 Å². The number of thiocarbonyl (C=S) groups is 1. The van der Waals surface area contributed by atoms with E-state index in [-0.39, 0.29) is 27.6 Å². The summed E-state index contributed by atoms with van der Waals surface area (Å²) < 4.78 is 42.6. The van der Waals surface area contributed by atoms with Crippen molar-refractivity contribution in [3.8, 4) is 0 Å². The fraction of sp³-hybridized carbons (Fsp3) is 0.385. The summed E-state index contributed by atoms with van der Waals surface area (Å²) in [6.07, 6.45) is -4.47. The van der Waals surface area contributed by atoms with Crippen LogP contribution in [0.5, 0.6) is 0 Å². The molecule has 0 aliphatic rings. The van der Waals surface area contributed by atoms with Gasteiger partial charge in [0.25, 0.3) is 0 Å². The minimum Gasteiger partial charge on any atom is -0.476 e. The first kappa shape index (κ1) is 17.0. The molecule has 1 rings (SSSR count). The molecule has 0 bridgehead atoms. The van der Waals surface area contributed by atoms with Gasteiger partial charge in [0.15, 0.2) is 5.78 Å². The van der Waals surface area contributed by atoms with Crippen molar-refractivity contribution in [3.63, 3.8) is 0 Å². The van der Waals surface area contributed by atoms with Crippen molar-refractivity contribution in [1.82, 2.24) is 0 Å². The Labute approximate surface area is 124 Å². The van der Waals surface area contributed by atoms with Crippen molar-refractivity contribution in [2.24, 2.45) is 0 Å². The fourth-order valence-corrected chi connectivity index (χ4v) is 2.32. The molecule has 0 aliphatic carbocycles. The number of Topliss-reactive ketones (excluding diaryl/α,β-unsaturated/α-hetero) is 1. The minimum atomic E-state index is -4.40. The third kappa shape index (κ3) is 5.50. The topological polar surface area (TPSA) is 26.3 Å². The molecule has 0 atom stereocenters. The smallest absolute Gasteiger partial charge is 0.416 e. The third-order valence-corrected chi connectivity index (χ3v) is 3.38. The van der Waals surface area contributed by atoms with Crippen LogP contribution in [0.4, 0.5) is 13.2 Å². The number of carbonyl (C=O) groups excluding carboxylic acids is 1. The first-order valence-corrected chi connectivity index (χ1v) is 7.13. The van der Waals surface area contributed by atoms with E-state index in [1.807, 2.05) is 13.8 Å². The molecule has 1 aromatic rings. The molecule has 0 fully saturated rings. The molecule has 0 aliphatic heterocycles. The Morgan fingerprint density at radius 1 is 1.30 bits per heavy atom. The van der Waals surface area contributed by atoms with Crippen LogP contribution in [0.15, 0.2) is 24.3 Å². The van der Waals surface area contributed by atoms with Gasteiger partial charge < -0.3 is 4.74 Å². The number of carbonyl (C=O) groups is 1. The molecule has 20 heavy (non-hydrogen) atoms. The summed E-state index contributed by atoms with van der Waals surface area (Å²) in [6.45, 7) is 3.62. The van der Waals surface area contributed by atoms with Crippen molar-refractivity contribution in [2.45, 2.75) is 26.1 Å². The number of benzene rings is 1. The van der Waals surface area contributed by atoms with Crippen LogP contribution in [0.1, 0.15) is 29.8 Å². The largest absolute Gasteiger partial charge is 0.476 e. The summed E-state index contributed by atoms with van der Waals surface area (Å²) in [5, 5.41) is 0. The summed E-state index contributed by atoms with van der Waals surface area (Å²) in [4.78, 5) is 11.8. The number of rotatable bonds is 4. The van der Waals surface area contributed by atoms with Gasteiger partial charge in [0.05, 0.1) is 17.4 Å². The molecule has 0 unspecified atom stereocenters. The minimum absolute atomic E-state index is 0.0386. The van der Waals surface area contributed by atoms with Gasteiger partial charge in [-0.3, -0.25) is 4.79 Å². The Balaban J connectivity index is 2.58. The highest BCUT2D eigenvalue weighted by molar-refractivity contribution is 8.23. The maximum atomic E-state index is 12.4. The molecule has 110 valence electrons. The lowest BCUT2D eigenvalue weighted by molar-refractivity contribution is -0.137. The molecule has 0 saturated carbocycles. The number of alkyl halides is 3. The molecule has 0 spiro atoms. The van der Waals surface area contributed by atoms with E-state index in [2.05, 4.69) is 0 Å². The van der Waals surface area contributed by atoms with Crippen molar-refractivity contribution in [1.29, 1.82) is 0 Å². The van der Waals surface area contributed by atoms with E-state index in [0.717, 1.165) is 36.0 Å². The van der Waals surface area contributed by atoms with Crippen LogP contribution in [0.3, 0.4) is 0 Å². The highest BCUT2D eigenvalue weighted by Gasteiger charge is 2.30. The zero-order chi connectivity index (χ0) is 15.3. The van der Waals surface area contributed by atoms with Crippen molar-refractivity contribution in [2.75, 3.05) is 5.75 Å². The van der Waals surface area contributed by atoms with E-state index in [4.69, 9.17) is 17.0 Å². The molecule has 0 aromatic heterocycles. The van der Waals surface area contributed by atoms with Crippen molar-refractivity contribution >= 4 is 34.1 Å². The van der Waals surface area contributed by atoms with Gasteiger partial charge in [-0.2, -0.15) is 13.2 Å². The number of halogens is 3. The number of ether oxygens (including phenoxy) is 1. The second kappa shape index (κ2) is 7.08. The summed E-state index contributed by atoms with van der Waals surface area (Å²) in [5.74, 6) is -0.255. The van der Waals surface area contributed by atoms with E-state index < -0.39 is 11.7 Å². The third-order valence-electron chi connectivity index (χ3n) is 2.19. The number of ketones is 1. The summed E-state index contributed by atoms with van der Waals surface area (Å²) in [6, 6.07) is 4.11. The van der Waals surface area contributed by atoms with E-state index in [1.165, 1.54) is 0 Å². The molecule has 0 N–H and O–H groups in total. The van der Waals surface area contributed by atoms with E-state index in [1.54, 1.807) is 0 Å². The van der Waals surface area contributed by atoms with Crippen LogP contribution in [0.2, 0.25) is 0 Å². The molecule has 0 heterocycles. The molecular formula is C13H13F3O2S2. The lowest BCUT2D eigenvalue weighted by Crippen LogP contribution is -2.10. The Morgan fingerprint density at radius 2 is 1.85 bits per heavy atom. The average Bonchev–Trinajstić information content (AvgIpc) is 2.34. The molecule has 0 amide bonds. The van der Waals surface area contributed by atoms with Crippen LogP contribution in [0.25, 0.3) is 0 Å². The van der Waals surface area contributed by atoms with Crippen LogP contribution < -0.4 is 0 Å². The number of hydrogen-bond donors (Lipinski definition) is 0. The lowest BCUT2D eigenvalue weighted by atomic mass is 10.1. The normalized spacial score (nSPS) is 11.5. The maximum absolute atomic E-state index is 12.4. The summed E-state index contributed by atoms with van der Waals surface area (Å²) in [5.41, 5.74) is -0.557. The molecule has 2 nitrogen and oxygen atoms in total. The first-order chi connectivity index (χ1) is 9.20. The van der Waals surface area contributed by atoms with Gasteiger partial charge in [-0.05, 0) is 38.2 Å². The van der Waals surface area contributed by atoms with Crippen molar-refractivity contribution in [3.05, 3.63) is 35.4 Å².